The van der Waals surface area contributed by atoms with Crippen molar-refractivity contribution in [2.75, 3.05) is 0 Å². The van der Waals surface area contributed by atoms with Crippen molar-refractivity contribution in [2.24, 2.45) is 0 Å². The van der Waals surface area contributed by atoms with E-state index in [2.05, 4.69) is 0 Å². The molecule has 0 saturated heterocycles. The molecule has 0 heterocycles. The second-order valence-electron chi connectivity index (χ2n) is 2.84. The van der Waals surface area contributed by atoms with E-state index in [9.17, 15) is 0 Å². The maximum Gasteiger partial charge on any atom is 0.111 e. The lowest BCUT2D eigenvalue weighted by atomic mass is 9.87. The van der Waals surface area contributed by atoms with E-state index in [4.69, 9.17) is 25.5 Å². The molecular formula is C6H12O5. The molecule has 0 amide bonds. The Balaban J connectivity index is 2.63. The van der Waals surface area contributed by atoms with Crippen LogP contribution in [0.2, 0.25) is 0 Å². The molecule has 66 valence electrons. The molecule has 1 saturated carbocycles. The van der Waals surface area contributed by atoms with Crippen LogP contribution in [0.5, 0.6) is 0 Å². The molecule has 0 spiro atoms. The summed E-state index contributed by atoms with van der Waals surface area (Å²) in [5.74, 6) is 0. The van der Waals surface area contributed by atoms with Crippen LogP contribution >= 0.6 is 0 Å². The standard InChI is InChI=1S/C6H12O5/c7-2-1-3(8)5(10)6(11)4(2)9/h2-11H,1H2/t2-,3+,4-,5-,6+/m1/s1. The highest BCUT2D eigenvalue weighted by Gasteiger charge is 2.40. The molecule has 0 aromatic carbocycles. The van der Waals surface area contributed by atoms with Gasteiger partial charge < -0.3 is 25.5 Å². The molecule has 0 radical (unpaired) electrons. The number of aliphatic hydroxyl groups excluding tert-OH is 5. The first-order valence-corrected chi connectivity index (χ1v) is 3.44. The Kier molecular flexibility index (Phi) is 2.46. The van der Waals surface area contributed by atoms with Gasteiger partial charge in [0, 0.05) is 6.42 Å². The summed E-state index contributed by atoms with van der Waals surface area (Å²) in [7, 11) is 0. The minimum Gasteiger partial charge on any atom is -0.390 e. The van der Waals surface area contributed by atoms with Crippen LogP contribution in [0.4, 0.5) is 0 Å². The van der Waals surface area contributed by atoms with Gasteiger partial charge in [0.2, 0.25) is 0 Å². The monoisotopic (exact) mass is 164 g/mol. The predicted octanol–water partition coefficient (Wildman–Crippen LogP) is -2.81. The highest BCUT2D eigenvalue weighted by Crippen LogP contribution is 2.20. The van der Waals surface area contributed by atoms with E-state index in [-0.39, 0.29) is 6.42 Å². The minimum atomic E-state index is -1.46. The smallest absolute Gasteiger partial charge is 0.111 e. The Hall–Kier alpha value is -0.200. The average Bonchev–Trinajstić information content (AvgIpc) is 1.97. The zero-order valence-electron chi connectivity index (χ0n) is 5.83. The van der Waals surface area contributed by atoms with Gasteiger partial charge in [-0.05, 0) is 0 Å². The number of hydrogen-bond acceptors (Lipinski definition) is 5. The second kappa shape index (κ2) is 3.04. The molecule has 1 fully saturated rings. The fraction of sp³-hybridized carbons (Fsp3) is 1.00. The third kappa shape index (κ3) is 1.52. The van der Waals surface area contributed by atoms with Gasteiger partial charge in [-0.25, -0.2) is 0 Å². The van der Waals surface area contributed by atoms with Gasteiger partial charge in [0.25, 0.3) is 0 Å². The molecule has 0 aromatic rings. The van der Waals surface area contributed by atoms with Crippen LogP contribution < -0.4 is 0 Å². The van der Waals surface area contributed by atoms with Crippen molar-refractivity contribution in [2.45, 2.75) is 36.9 Å². The molecule has 1 aliphatic carbocycles. The van der Waals surface area contributed by atoms with Gasteiger partial charge in [-0.15, -0.1) is 0 Å². The first-order valence-electron chi connectivity index (χ1n) is 3.44. The van der Waals surface area contributed by atoms with Crippen LogP contribution in [0, 0.1) is 0 Å². The Morgan fingerprint density at radius 1 is 0.636 bits per heavy atom. The number of rotatable bonds is 0. The quantitative estimate of drug-likeness (QED) is 0.266. The SMILES string of the molecule is O[C@H]1[C@H](O)[C@H](O)C[C@H](O)[C@H]1O. The summed E-state index contributed by atoms with van der Waals surface area (Å²) in [4.78, 5) is 0. The lowest BCUT2D eigenvalue weighted by Gasteiger charge is -2.35. The first-order chi connectivity index (χ1) is 5.04. The summed E-state index contributed by atoms with van der Waals surface area (Å²) in [5, 5.41) is 44.8. The molecule has 1 rings (SSSR count). The van der Waals surface area contributed by atoms with Gasteiger partial charge in [0.15, 0.2) is 0 Å². The van der Waals surface area contributed by atoms with E-state index in [1.54, 1.807) is 0 Å². The average molecular weight is 164 g/mol. The van der Waals surface area contributed by atoms with E-state index < -0.39 is 30.5 Å². The van der Waals surface area contributed by atoms with E-state index in [0.717, 1.165) is 0 Å². The van der Waals surface area contributed by atoms with E-state index in [0.29, 0.717) is 0 Å². The van der Waals surface area contributed by atoms with Crippen molar-refractivity contribution in [1.29, 1.82) is 0 Å². The lowest BCUT2D eigenvalue weighted by molar-refractivity contribution is -0.176. The Labute approximate surface area is 63.5 Å². The van der Waals surface area contributed by atoms with Crippen LogP contribution in [-0.4, -0.2) is 56.1 Å². The largest absolute Gasteiger partial charge is 0.390 e. The molecule has 5 N–H and O–H groups in total. The van der Waals surface area contributed by atoms with Crippen LogP contribution in [0.1, 0.15) is 6.42 Å². The molecule has 5 nitrogen and oxygen atoms in total. The summed E-state index contributed by atoms with van der Waals surface area (Å²) in [5.41, 5.74) is 0. The van der Waals surface area contributed by atoms with Crippen molar-refractivity contribution in [3.05, 3.63) is 0 Å². The molecule has 11 heavy (non-hydrogen) atoms. The topological polar surface area (TPSA) is 101 Å². The van der Waals surface area contributed by atoms with Gasteiger partial charge >= 0.3 is 0 Å². The third-order valence-corrected chi connectivity index (χ3v) is 1.97. The van der Waals surface area contributed by atoms with Crippen LogP contribution in [0.3, 0.4) is 0 Å². The highest BCUT2D eigenvalue weighted by atomic mass is 16.4. The number of aliphatic hydroxyl groups is 5. The van der Waals surface area contributed by atoms with E-state index >= 15 is 0 Å². The molecule has 0 unspecified atom stereocenters. The Morgan fingerprint density at radius 3 is 1.36 bits per heavy atom. The molecule has 1 aliphatic rings. The summed E-state index contributed by atoms with van der Waals surface area (Å²) in [6.45, 7) is 0. The van der Waals surface area contributed by atoms with Gasteiger partial charge in [-0.3, -0.25) is 0 Å². The fourth-order valence-corrected chi connectivity index (χ4v) is 1.18. The molecular weight excluding hydrogens is 152 g/mol. The second-order valence-corrected chi connectivity index (χ2v) is 2.84. The fourth-order valence-electron chi connectivity index (χ4n) is 1.18. The molecule has 0 bridgehead atoms. The van der Waals surface area contributed by atoms with Gasteiger partial charge in [0.1, 0.15) is 18.3 Å². The summed E-state index contributed by atoms with van der Waals surface area (Å²) in [6.07, 6.45) is -6.64. The van der Waals surface area contributed by atoms with Crippen molar-refractivity contribution < 1.29 is 25.5 Å². The molecule has 5 atom stereocenters. The van der Waals surface area contributed by atoms with Crippen molar-refractivity contribution in [1.82, 2.24) is 0 Å². The normalized spacial score (nSPS) is 52.6. The first kappa shape index (κ1) is 8.89. The molecule has 0 aliphatic heterocycles. The zero-order chi connectivity index (χ0) is 8.59. The van der Waals surface area contributed by atoms with Crippen LogP contribution in [0.25, 0.3) is 0 Å². The van der Waals surface area contributed by atoms with Crippen molar-refractivity contribution in [3.8, 4) is 0 Å². The summed E-state index contributed by atoms with van der Waals surface area (Å²) >= 11 is 0. The minimum absolute atomic E-state index is 0.112. The third-order valence-electron chi connectivity index (χ3n) is 1.97. The predicted molar refractivity (Wildman–Crippen MR) is 34.7 cm³/mol. The van der Waals surface area contributed by atoms with Gasteiger partial charge in [-0.1, -0.05) is 0 Å². The van der Waals surface area contributed by atoms with Gasteiger partial charge in [-0.2, -0.15) is 0 Å². The summed E-state index contributed by atoms with van der Waals surface area (Å²) < 4.78 is 0. The highest BCUT2D eigenvalue weighted by molar-refractivity contribution is 4.92. The zero-order valence-corrected chi connectivity index (χ0v) is 5.83. The van der Waals surface area contributed by atoms with E-state index in [1.807, 2.05) is 0 Å². The maximum absolute atomic E-state index is 8.97. The molecule has 5 heteroatoms. The number of hydrogen-bond donors (Lipinski definition) is 5. The van der Waals surface area contributed by atoms with Crippen molar-refractivity contribution >= 4 is 0 Å². The van der Waals surface area contributed by atoms with Crippen LogP contribution in [0.15, 0.2) is 0 Å². The maximum atomic E-state index is 8.97. The summed E-state index contributed by atoms with van der Waals surface area (Å²) in [6, 6.07) is 0. The lowest BCUT2D eigenvalue weighted by Crippen LogP contribution is -2.55. The molecule has 0 aromatic heterocycles. The van der Waals surface area contributed by atoms with Gasteiger partial charge in [0.05, 0.1) is 12.2 Å². The Bertz CT molecular complexity index is 125. The van der Waals surface area contributed by atoms with E-state index in [1.165, 1.54) is 0 Å². The van der Waals surface area contributed by atoms with Crippen LogP contribution in [-0.2, 0) is 0 Å². The van der Waals surface area contributed by atoms with Crippen molar-refractivity contribution in [3.63, 3.8) is 0 Å². The Morgan fingerprint density at radius 2 is 1.00 bits per heavy atom.